The van der Waals surface area contributed by atoms with Gasteiger partial charge in [0, 0.05) is 64.2 Å². The largest absolute Gasteiger partial charge is 0.345 e. The molecule has 0 radical (unpaired) electrons. The maximum atomic E-state index is 12.7. The number of amides is 3. The van der Waals surface area contributed by atoms with E-state index in [1.54, 1.807) is 44.7 Å². The molecule has 1 aromatic carbocycles. The standard InChI is InChI=1S/C20H25N7O2/c1-13-12-14(6-7-15(13)19(28)25(2)3)23-20(29)24-16(17-21-8-10-26(17)4)18-22-9-11-27(18)5/h6-12,16H,1-5H3,(H2,23,24,29). The van der Waals surface area contributed by atoms with Crippen molar-refractivity contribution >= 4 is 17.6 Å². The van der Waals surface area contributed by atoms with Crippen LogP contribution < -0.4 is 10.6 Å². The summed E-state index contributed by atoms with van der Waals surface area (Å²) < 4.78 is 3.68. The Hall–Kier alpha value is -3.62. The van der Waals surface area contributed by atoms with Crippen molar-refractivity contribution in [3.63, 3.8) is 0 Å². The first kappa shape index (κ1) is 20.1. The highest BCUT2D eigenvalue weighted by molar-refractivity contribution is 5.96. The zero-order valence-corrected chi connectivity index (χ0v) is 17.2. The number of carbonyl (C=O) groups excluding carboxylic acids is 2. The van der Waals surface area contributed by atoms with Crippen LogP contribution in [-0.4, -0.2) is 50.0 Å². The van der Waals surface area contributed by atoms with E-state index in [4.69, 9.17) is 0 Å². The summed E-state index contributed by atoms with van der Waals surface area (Å²) in [7, 11) is 7.14. The lowest BCUT2D eigenvalue weighted by Crippen LogP contribution is -2.35. The number of urea groups is 1. The van der Waals surface area contributed by atoms with Crippen LogP contribution in [-0.2, 0) is 14.1 Å². The van der Waals surface area contributed by atoms with E-state index in [-0.39, 0.29) is 5.91 Å². The van der Waals surface area contributed by atoms with E-state index in [1.807, 2.05) is 42.5 Å². The molecule has 2 aromatic heterocycles. The molecule has 9 heteroatoms. The molecule has 0 saturated heterocycles. The molecular weight excluding hydrogens is 370 g/mol. The Morgan fingerprint density at radius 2 is 1.62 bits per heavy atom. The predicted molar refractivity (Wildman–Crippen MR) is 110 cm³/mol. The molecule has 2 N–H and O–H groups in total. The second kappa shape index (κ2) is 8.17. The molecule has 0 aliphatic carbocycles. The zero-order chi connectivity index (χ0) is 21.1. The van der Waals surface area contributed by atoms with Gasteiger partial charge in [-0.05, 0) is 30.7 Å². The van der Waals surface area contributed by atoms with Crippen LogP contribution in [0.25, 0.3) is 0 Å². The molecule has 0 aliphatic rings. The van der Waals surface area contributed by atoms with Crippen molar-refractivity contribution in [3.05, 3.63) is 65.8 Å². The summed E-state index contributed by atoms with van der Waals surface area (Å²) in [6, 6.07) is 4.27. The number of aryl methyl sites for hydroxylation is 3. The SMILES string of the molecule is Cc1cc(NC(=O)NC(c2nccn2C)c2nccn2C)ccc1C(=O)N(C)C. The Morgan fingerprint density at radius 3 is 2.07 bits per heavy atom. The van der Waals surface area contributed by atoms with Gasteiger partial charge in [-0.3, -0.25) is 4.79 Å². The van der Waals surface area contributed by atoms with Crippen LogP contribution in [0.15, 0.2) is 43.0 Å². The molecule has 0 aliphatic heterocycles. The third kappa shape index (κ3) is 4.29. The van der Waals surface area contributed by atoms with Gasteiger partial charge in [-0.25, -0.2) is 14.8 Å². The topological polar surface area (TPSA) is 97.1 Å². The van der Waals surface area contributed by atoms with Gasteiger partial charge in [-0.2, -0.15) is 0 Å². The number of nitrogens with zero attached hydrogens (tertiary/aromatic N) is 5. The number of imidazole rings is 2. The van der Waals surface area contributed by atoms with Crippen LogP contribution in [0.5, 0.6) is 0 Å². The molecule has 29 heavy (non-hydrogen) atoms. The summed E-state index contributed by atoms with van der Waals surface area (Å²) in [5.74, 6) is 1.25. The van der Waals surface area contributed by atoms with Gasteiger partial charge in [0.05, 0.1) is 0 Å². The number of aromatic nitrogens is 4. The second-order valence-corrected chi connectivity index (χ2v) is 7.05. The van der Waals surface area contributed by atoms with Gasteiger partial charge in [-0.15, -0.1) is 0 Å². The minimum absolute atomic E-state index is 0.0804. The fourth-order valence-electron chi connectivity index (χ4n) is 3.08. The summed E-state index contributed by atoms with van der Waals surface area (Å²) >= 11 is 0. The van der Waals surface area contributed by atoms with Crippen LogP contribution in [0.1, 0.15) is 33.6 Å². The van der Waals surface area contributed by atoms with Crippen LogP contribution in [0.3, 0.4) is 0 Å². The molecule has 2 heterocycles. The van der Waals surface area contributed by atoms with Gasteiger partial charge in [0.2, 0.25) is 0 Å². The molecule has 0 atom stereocenters. The summed E-state index contributed by atoms with van der Waals surface area (Å²) in [4.78, 5) is 35.1. The van der Waals surface area contributed by atoms with E-state index in [1.165, 1.54) is 4.90 Å². The number of nitrogens with one attached hydrogen (secondary N) is 2. The van der Waals surface area contributed by atoms with Gasteiger partial charge >= 0.3 is 6.03 Å². The van der Waals surface area contributed by atoms with Crippen molar-refractivity contribution in [1.29, 1.82) is 0 Å². The molecule has 0 fully saturated rings. The minimum atomic E-state index is -0.523. The van der Waals surface area contributed by atoms with E-state index in [9.17, 15) is 9.59 Å². The fourth-order valence-corrected chi connectivity index (χ4v) is 3.08. The Balaban J connectivity index is 1.79. The Labute approximate surface area is 169 Å². The van der Waals surface area contributed by atoms with Crippen LogP contribution >= 0.6 is 0 Å². The van der Waals surface area contributed by atoms with Crippen molar-refractivity contribution in [2.24, 2.45) is 14.1 Å². The third-order valence-electron chi connectivity index (χ3n) is 4.63. The molecule has 0 bridgehead atoms. The molecule has 0 unspecified atom stereocenters. The Morgan fingerprint density at radius 1 is 1.03 bits per heavy atom. The normalized spacial score (nSPS) is 10.8. The highest BCUT2D eigenvalue weighted by atomic mass is 16.2. The molecule has 3 amide bonds. The molecule has 0 spiro atoms. The number of hydrogen-bond donors (Lipinski definition) is 2. The smallest absolute Gasteiger partial charge is 0.320 e. The van der Waals surface area contributed by atoms with Gasteiger partial charge in [0.15, 0.2) is 0 Å². The van der Waals surface area contributed by atoms with Gasteiger partial charge in [0.1, 0.15) is 17.7 Å². The Kier molecular flexibility index (Phi) is 5.67. The van der Waals surface area contributed by atoms with Gasteiger partial charge < -0.3 is 24.7 Å². The summed E-state index contributed by atoms with van der Waals surface area (Å²) in [6.07, 6.45) is 6.98. The first-order valence-corrected chi connectivity index (χ1v) is 9.12. The first-order valence-electron chi connectivity index (χ1n) is 9.12. The molecule has 9 nitrogen and oxygen atoms in total. The van der Waals surface area contributed by atoms with E-state index in [0.29, 0.717) is 22.9 Å². The lowest BCUT2D eigenvalue weighted by Gasteiger charge is -2.19. The summed E-state index contributed by atoms with van der Waals surface area (Å²) in [6.45, 7) is 1.84. The van der Waals surface area contributed by atoms with Crippen LogP contribution in [0, 0.1) is 6.92 Å². The Bertz CT molecular complexity index is 995. The predicted octanol–water partition coefficient (Wildman–Crippen LogP) is 2.07. The van der Waals surface area contributed by atoms with Crippen LogP contribution in [0.2, 0.25) is 0 Å². The summed E-state index contributed by atoms with van der Waals surface area (Å²) in [5.41, 5.74) is 1.97. The zero-order valence-electron chi connectivity index (χ0n) is 17.2. The van der Waals surface area contributed by atoms with E-state index in [2.05, 4.69) is 20.6 Å². The second-order valence-electron chi connectivity index (χ2n) is 7.05. The molecule has 3 rings (SSSR count). The molecular formula is C20H25N7O2. The van der Waals surface area contributed by atoms with E-state index >= 15 is 0 Å². The maximum absolute atomic E-state index is 12.7. The average Bonchev–Trinajstić information content (AvgIpc) is 3.27. The van der Waals surface area contributed by atoms with Crippen LogP contribution in [0.4, 0.5) is 10.5 Å². The molecule has 3 aromatic rings. The lowest BCUT2D eigenvalue weighted by atomic mass is 10.1. The van der Waals surface area contributed by atoms with Crippen molar-refractivity contribution < 1.29 is 9.59 Å². The fraction of sp³-hybridized carbons (Fsp3) is 0.300. The highest BCUT2D eigenvalue weighted by Crippen LogP contribution is 2.20. The summed E-state index contributed by atoms with van der Waals surface area (Å²) in [5, 5.41) is 5.76. The number of hydrogen-bond acceptors (Lipinski definition) is 4. The minimum Gasteiger partial charge on any atom is -0.345 e. The number of rotatable bonds is 5. The van der Waals surface area contributed by atoms with Gasteiger partial charge in [-0.1, -0.05) is 0 Å². The van der Waals surface area contributed by atoms with E-state index in [0.717, 1.165) is 5.56 Å². The van der Waals surface area contributed by atoms with Crippen molar-refractivity contribution in [2.45, 2.75) is 13.0 Å². The first-order chi connectivity index (χ1) is 13.8. The number of anilines is 1. The van der Waals surface area contributed by atoms with Crippen molar-refractivity contribution in [1.82, 2.24) is 29.3 Å². The average molecular weight is 395 g/mol. The lowest BCUT2D eigenvalue weighted by molar-refractivity contribution is 0.0827. The van der Waals surface area contributed by atoms with Gasteiger partial charge in [0.25, 0.3) is 5.91 Å². The monoisotopic (exact) mass is 395 g/mol. The number of carbonyl (C=O) groups is 2. The third-order valence-corrected chi connectivity index (χ3v) is 4.63. The molecule has 0 saturated carbocycles. The quantitative estimate of drug-likeness (QED) is 0.691. The van der Waals surface area contributed by atoms with Crippen molar-refractivity contribution in [3.8, 4) is 0 Å². The maximum Gasteiger partial charge on any atom is 0.320 e. The number of benzene rings is 1. The van der Waals surface area contributed by atoms with Crippen molar-refractivity contribution in [2.75, 3.05) is 19.4 Å². The molecule has 152 valence electrons. The van der Waals surface area contributed by atoms with E-state index < -0.39 is 12.1 Å². The highest BCUT2D eigenvalue weighted by Gasteiger charge is 2.24.